The Hall–Kier alpha value is -1.55. The van der Waals surface area contributed by atoms with Crippen LogP contribution in [0.25, 0.3) is 11.0 Å². The van der Waals surface area contributed by atoms with E-state index in [-0.39, 0.29) is 5.69 Å². The van der Waals surface area contributed by atoms with Gasteiger partial charge in [0.15, 0.2) is 0 Å². The highest BCUT2D eigenvalue weighted by atomic mass is 16.1. The first-order valence-electron chi connectivity index (χ1n) is 8.17. The molecule has 0 amide bonds. The second kappa shape index (κ2) is 6.48. The van der Waals surface area contributed by atoms with E-state index in [0.717, 1.165) is 11.0 Å². The summed E-state index contributed by atoms with van der Waals surface area (Å²) in [6, 6.07) is 6.65. The molecule has 114 valence electrons. The maximum atomic E-state index is 11.4. The molecule has 0 saturated heterocycles. The van der Waals surface area contributed by atoms with E-state index in [1.165, 1.54) is 50.5 Å². The molecule has 1 atom stereocenters. The molecular weight excluding hydrogens is 262 g/mol. The molecule has 4 nitrogen and oxygen atoms in total. The number of imidazole rings is 1. The summed E-state index contributed by atoms with van der Waals surface area (Å²) in [6.07, 6.45) is 9.42. The zero-order valence-electron chi connectivity index (χ0n) is 12.7. The molecule has 1 aromatic heterocycles. The third kappa shape index (κ3) is 3.21. The summed E-state index contributed by atoms with van der Waals surface area (Å²) < 4.78 is 0. The standard InChI is InChI=1S/C17H25N3O/c1-18-16(12-7-5-3-2-4-6-8-12)13-9-10-14-15(11-13)20-17(21)19-14/h9-12,16,18H,2-8H2,1H3,(H2,19,20,21). The molecule has 0 bridgehead atoms. The number of rotatable bonds is 3. The Bertz CT molecular complexity index is 635. The van der Waals surface area contributed by atoms with Crippen molar-refractivity contribution in [2.75, 3.05) is 7.05 Å². The summed E-state index contributed by atoms with van der Waals surface area (Å²) in [5.74, 6) is 0.693. The fraction of sp³-hybridized carbons (Fsp3) is 0.588. The van der Waals surface area contributed by atoms with Crippen LogP contribution in [-0.4, -0.2) is 17.0 Å². The molecule has 3 rings (SSSR count). The fourth-order valence-electron chi connectivity index (χ4n) is 3.74. The maximum Gasteiger partial charge on any atom is 0.323 e. The van der Waals surface area contributed by atoms with Crippen LogP contribution in [0.5, 0.6) is 0 Å². The second-order valence-corrected chi connectivity index (χ2v) is 6.26. The monoisotopic (exact) mass is 287 g/mol. The SMILES string of the molecule is CNC(c1ccc2[nH]c(=O)[nH]c2c1)C1CCCCCCC1. The lowest BCUT2D eigenvalue weighted by Gasteiger charge is -2.29. The molecule has 1 fully saturated rings. The van der Waals surface area contributed by atoms with Gasteiger partial charge in [-0.1, -0.05) is 38.2 Å². The minimum absolute atomic E-state index is 0.130. The highest BCUT2D eigenvalue weighted by molar-refractivity contribution is 5.75. The first kappa shape index (κ1) is 14.4. The van der Waals surface area contributed by atoms with Crippen molar-refractivity contribution in [2.45, 2.75) is 51.0 Å². The lowest BCUT2D eigenvalue weighted by Crippen LogP contribution is -2.26. The minimum atomic E-state index is -0.130. The third-order valence-corrected chi connectivity index (χ3v) is 4.83. The molecule has 1 heterocycles. The fourth-order valence-corrected chi connectivity index (χ4v) is 3.74. The molecule has 0 aliphatic heterocycles. The number of hydrogen-bond acceptors (Lipinski definition) is 2. The molecule has 1 unspecified atom stereocenters. The van der Waals surface area contributed by atoms with Crippen molar-refractivity contribution in [2.24, 2.45) is 5.92 Å². The molecule has 1 aliphatic carbocycles. The number of aromatic nitrogens is 2. The topological polar surface area (TPSA) is 60.7 Å². The van der Waals surface area contributed by atoms with Gasteiger partial charge in [0.2, 0.25) is 0 Å². The summed E-state index contributed by atoms with van der Waals surface area (Å²) in [7, 11) is 2.05. The van der Waals surface area contributed by atoms with Crippen molar-refractivity contribution < 1.29 is 0 Å². The molecule has 3 N–H and O–H groups in total. The molecule has 0 radical (unpaired) electrons. The molecule has 2 aromatic rings. The molecule has 21 heavy (non-hydrogen) atoms. The summed E-state index contributed by atoms with van der Waals surface area (Å²) in [4.78, 5) is 17.1. The lowest BCUT2D eigenvalue weighted by molar-refractivity contribution is 0.299. The highest BCUT2D eigenvalue weighted by Gasteiger charge is 2.22. The molecule has 4 heteroatoms. The summed E-state index contributed by atoms with van der Waals surface area (Å²) >= 11 is 0. The lowest BCUT2D eigenvalue weighted by atomic mass is 9.83. The van der Waals surface area contributed by atoms with Crippen molar-refractivity contribution >= 4 is 11.0 Å². The zero-order valence-corrected chi connectivity index (χ0v) is 12.7. The summed E-state index contributed by atoms with van der Waals surface area (Å²) in [6.45, 7) is 0. The minimum Gasteiger partial charge on any atom is -0.313 e. The third-order valence-electron chi connectivity index (χ3n) is 4.83. The quantitative estimate of drug-likeness (QED) is 0.809. The van der Waals surface area contributed by atoms with Crippen molar-refractivity contribution in [3.05, 3.63) is 34.2 Å². The van der Waals surface area contributed by atoms with E-state index in [2.05, 4.69) is 27.4 Å². The van der Waals surface area contributed by atoms with Gasteiger partial charge in [0.05, 0.1) is 11.0 Å². The van der Waals surface area contributed by atoms with E-state index >= 15 is 0 Å². The Morgan fingerprint density at radius 1 is 1.05 bits per heavy atom. The van der Waals surface area contributed by atoms with Gasteiger partial charge in [0, 0.05) is 6.04 Å². The highest BCUT2D eigenvalue weighted by Crippen LogP contribution is 2.33. The van der Waals surface area contributed by atoms with Crippen LogP contribution in [0.4, 0.5) is 0 Å². The average molecular weight is 287 g/mol. The number of hydrogen-bond donors (Lipinski definition) is 3. The largest absolute Gasteiger partial charge is 0.323 e. The maximum absolute atomic E-state index is 11.4. The van der Waals surface area contributed by atoms with Gasteiger partial charge < -0.3 is 15.3 Å². The number of nitrogens with one attached hydrogen (secondary N) is 3. The van der Waals surface area contributed by atoms with Crippen LogP contribution >= 0.6 is 0 Å². The second-order valence-electron chi connectivity index (χ2n) is 6.26. The summed E-state index contributed by atoms with van der Waals surface area (Å²) in [5.41, 5.74) is 2.94. The first-order chi connectivity index (χ1) is 10.3. The molecule has 0 spiro atoms. The van der Waals surface area contributed by atoms with Crippen molar-refractivity contribution in [1.82, 2.24) is 15.3 Å². The van der Waals surface area contributed by atoms with Gasteiger partial charge in [0.1, 0.15) is 0 Å². The van der Waals surface area contributed by atoms with Crippen LogP contribution in [0.2, 0.25) is 0 Å². The van der Waals surface area contributed by atoms with E-state index in [0.29, 0.717) is 12.0 Å². The van der Waals surface area contributed by atoms with Crippen LogP contribution in [0.1, 0.15) is 56.6 Å². The Labute approximate surface area is 125 Å². The zero-order chi connectivity index (χ0) is 14.7. The first-order valence-corrected chi connectivity index (χ1v) is 8.17. The number of benzene rings is 1. The van der Waals surface area contributed by atoms with Crippen molar-refractivity contribution in [3.63, 3.8) is 0 Å². The predicted octanol–water partition coefficient (Wildman–Crippen LogP) is 3.48. The van der Waals surface area contributed by atoms with E-state index in [1.54, 1.807) is 0 Å². The Morgan fingerprint density at radius 2 is 1.71 bits per heavy atom. The van der Waals surface area contributed by atoms with Gasteiger partial charge in [-0.05, 0) is 43.5 Å². The Morgan fingerprint density at radius 3 is 2.43 bits per heavy atom. The van der Waals surface area contributed by atoms with Gasteiger partial charge in [-0.2, -0.15) is 0 Å². The Balaban J connectivity index is 1.86. The van der Waals surface area contributed by atoms with Crippen molar-refractivity contribution in [1.29, 1.82) is 0 Å². The normalized spacial score (nSPS) is 19.3. The van der Waals surface area contributed by atoms with Crippen LogP contribution in [-0.2, 0) is 0 Å². The van der Waals surface area contributed by atoms with E-state index in [1.807, 2.05) is 13.1 Å². The molecule has 1 aromatic carbocycles. The Kier molecular flexibility index (Phi) is 4.44. The van der Waals surface area contributed by atoms with Crippen LogP contribution in [0.15, 0.2) is 23.0 Å². The van der Waals surface area contributed by atoms with E-state index < -0.39 is 0 Å². The van der Waals surface area contributed by atoms with Gasteiger partial charge in [-0.25, -0.2) is 4.79 Å². The van der Waals surface area contributed by atoms with Crippen molar-refractivity contribution in [3.8, 4) is 0 Å². The average Bonchev–Trinajstić information content (AvgIpc) is 2.81. The molecule has 1 aliphatic rings. The van der Waals surface area contributed by atoms with E-state index in [9.17, 15) is 4.79 Å². The predicted molar refractivity (Wildman–Crippen MR) is 86.5 cm³/mol. The summed E-state index contributed by atoms with van der Waals surface area (Å²) in [5, 5.41) is 3.51. The van der Waals surface area contributed by atoms with Gasteiger partial charge in [-0.3, -0.25) is 0 Å². The number of H-pyrrole nitrogens is 2. The van der Waals surface area contributed by atoms with Gasteiger partial charge in [0.25, 0.3) is 0 Å². The molecule has 1 saturated carbocycles. The number of aromatic amines is 2. The van der Waals surface area contributed by atoms with Gasteiger partial charge >= 0.3 is 5.69 Å². The number of fused-ring (bicyclic) bond motifs is 1. The van der Waals surface area contributed by atoms with Crippen LogP contribution in [0, 0.1) is 5.92 Å². The van der Waals surface area contributed by atoms with E-state index in [4.69, 9.17) is 0 Å². The molecular formula is C17H25N3O. The van der Waals surface area contributed by atoms with Crippen LogP contribution < -0.4 is 11.0 Å². The van der Waals surface area contributed by atoms with Crippen LogP contribution in [0.3, 0.4) is 0 Å². The van der Waals surface area contributed by atoms with Gasteiger partial charge in [-0.15, -0.1) is 0 Å². The smallest absolute Gasteiger partial charge is 0.313 e.